The number of ketones is 2. The van der Waals surface area contributed by atoms with Gasteiger partial charge in [-0.25, -0.2) is 0 Å². The number of ether oxygens (including phenoxy) is 1. The molecule has 0 aliphatic heterocycles. The summed E-state index contributed by atoms with van der Waals surface area (Å²) in [4.78, 5) is 47.4. The average Bonchev–Trinajstić information content (AvgIpc) is 3.08. The van der Waals surface area contributed by atoms with E-state index in [0.29, 0.717) is 29.5 Å². The van der Waals surface area contributed by atoms with Gasteiger partial charge < -0.3 is 9.84 Å². The monoisotopic (exact) mass is 432 g/mol. The molecule has 0 aromatic carbocycles. The molecule has 6 nitrogen and oxygen atoms in total. The Morgan fingerprint density at radius 2 is 1.71 bits per heavy atom. The zero-order valence-corrected chi connectivity index (χ0v) is 18.9. The second-order valence-electron chi connectivity index (χ2n) is 11.1. The lowest BCUT2D eigenvalue weighted by atomic mass is 9.44. The number of hydrogen-bond donors (Lipinski definition) is 1. The second-order valence-corrected chi connectivity index (χ2v) is 11.1. The van der Waals surface area contributed by atoms with Gasteiger partial charge in [-0.15, -0.1) is 0 Å². The van der Waals surface area contributed by atoms with Crippen LogP contribution in [0.4, 0.5) is 0 Å². The van der Waals surface area contributed by atoms with Crippen LogP contribution in [0.15, 0.2) is 0 Å². The van der Waals surface area contributed by atoms with E-state index in [1.807, 2.05) is 0 Å². The van der Waals surface area contributed by atoms with Crippen LogP contribution in [0.1, 0.15) is 84.5 Å². The maximum Gasteiger partial charge on any atom is 0.306 e. The van der Waals surface area contributed by atoms with Gasteiger partial charge in [0.05, 0.1) is 12.8 Å². The number of rotatable bonds is 6. The molecule has 0 spiro atoms. The highest BCUT2D eigenvalue weighted by Crippen LogP contribution is 2.67. The zero-order chi connectivity index (χ0) is 22.4. The molecule has 0 amide bonds. The van der Waals surface area contributed by atoms with Gasteiger partial charge in [-0.05, 0) is 79.4 Å². The molecule has 0 bridgehead atoms. The summed E-state index contributed by atoms with van der Waals surface area (Å²) in [5, 5.41) is 8.68. The Morgan fingerprint density at radius 3 is 2.45 bits per heavy atom. The smallest absolute Gasteiger partial charge is 0.306 e. The Morgan fingerprint density at radius 1 is 0.968 bits per heavy atom. The van der Waals surface area contributed by atoms with Crippen LogP contribution in [-0.2, 0) is 23.9 Å². The number of carboxylic acid groups (broad SMARTS) is 1. The third kappa shape index (κ3) is 3.95. The average molecular weight is 433 g/mol. The molecule has 0 aromatic rings. The normalized spacial score (nSPS) is 41.6. The zero-order valence-electron chi connectivity index (χ0n) is 18.9. The van der Waals surface area contributed by atoms with Crippen molar-refractivity contribution in [1.82, 2.24) is 0 Å². The lowest BCUT2D eigenvalue weighted by molar-refractivity contribution is -0.154. The molecule has 0 saturated heterocycles. The number of Topliss-reactive ketones (excluding diaryl/α,β-unsaturated/α-hetero) is 2. The van der Waals surface area contributed by atoms with Gasteiger partial charge in [0.15, 0.2) is 5.78 Å². The number of aliphatic carboxylic acids is 1. The first-order chi connectivity index (χ1) is 14.6. The lowest BCUT2D eigenvalue weighted by Crippen LogP contribution is -2.54. The number of fused-ring (bicyclic) bond motifs is 5. The Bertz CT molecular complexity index is 774. The summed E-state index contributed by atoms with van der Waals surface area (Å²) < 4.78 is 5.11. The van der Waals surface area contributed by atoms with E-state index in [1.165, 1.54) is 6.42 Å². The molecule has 4 saturated carbocycles. The van der Waals surface area contributed by atoms with Gasteiger partial charge in [-0.1, -0.05) is 13.8 Å². The van der Waals surface area contributed by atoms with Crippen molar-refractivity contribution < 1.29 is 29.0 Å². The van der Waals surface area contributed by atoms with Gasteiger partial charge in [-0.2, -0.15) is 0 Å². The molecule has 0 unspecified atom stereocenters. The summed E-state index contributed by atoms with van der Waals surface area (Å²) in [5.74, 6) is 1.03. The summed E-state index contributed by atoms with van der Waals surface area (Å²) in [6.07, 6.45) is 8.41. The Hall–Kier alpha value is -1.72. The standard InChI is InChI=1S/C25H36O6/c1-24-11-9-16(26)13-15(24)3-4-17-18-5-6-20(25(18,2)12-10-19(17)24)21(27)14-31-23(30)8-7-22(28)29/h15,17-20H,3-14H2,1-2H3,(H,28,29)/t15-,17-,18-,19-,20+,24+,25+/m1/s1. The Labute approximate surface area is 184 Å². The lowest BCUT2D eigenvalue weighted by Gasteiger charge is -2.60. The predicted octanol–water partition coefficient (Wildman–Crippen LogP) is 4.19. The number of hydrogen-bond acceptors (Lipinski definition) is 5. The fourth-order valence-corrected chi connectivity index (χ4v) is 8.11. The van der Waals surface area contributed by atoms with Gasteiger partial charge in [0, 0.05) is 18.8 Å². The van der Waals surface area contributed by atoms with Crippen molar-refractivity contribution in [2.75, 3.05) is 6.61 Å². The van der Waals surface area contributed by atoms with Crippen LogP contribution in [0.2, 0.25) is 0 Å². The van der Waals surface area contributed by atoms with Crippen molar-refractivity contribution in [3.8, 4) is 0 Å². The summed E-state index contributed by atoms with van der Waals surface area (Å²) in [6, 6.07) is 0. The molecule has 4 rings (SSSR count). The Balaban J connectivity index is 1.41. The number of esters is 1. The molecule has 7 atom stereocenters. The van der Waals surface area contributed by atoms with Gasteiger partial charge in [0.1, 0.15) is 12.4 Å². The minimum absolute atomic E-state index is 0.00437. The first kappa shape index (κ1) is 22.5. The highest BCUT2D eigenvalue weighted by atomic mass is 16.5. The van der Waals surface area contributed by atoms with Crippen molar-refractivity contribution in [3.63, 3.8) is 0 Å². The summed E-state index contributed by atoms with van der Waals surface area (Å²) in [7, 11) is 0. The third-order valence-electron chi connectivity index (χ3n) is 9.79. The van der Waals surface area contributed by atoms with E-state index in [2.05, 4.69) is 13.8 Å². The van der Waals surface area contributed by atoms with E-state index < -0.39 is 11.9 Å². The van der Waals surface area contributed by atoms with E-state index in [4.69, 9.17) is 9.84 Å². The molecule has 4 fully saturated rings. The van der Waals surface area contributed by atoms with Crippen LogP contribution in [0.5, 0.6) is 0 Å². The van der Waals surface area contributed by atoms with Crippen LogP contribution in [0.25, 0.3) is 0 Å². The number of carbonyl (C=O) groups excluding carboxylic acids is 3. The maximum absolute atomic E-state index is 13.0. The van der Waals surface area contributed by atoms with E-state index in [9.17, 15) is 19.2 Å². The van der Waals surface area contributed by atoms with Crippen molar-refractivity contribution in [1.29, 1.82) is 0 Å². The third-order valence-corrected chi connectivity index (χ3v) is 9.79. The first-order valence-electron chi connectivity index (χ1n) is 12.1. The van der Waals surface area contributed by atoms with Crippen molar-refractivity contribution in [3.05, 3.63) is 0 Å². The quantitative estimate of drug-likeness (QED) is 0.632. The van der Waals surface area contributed by atoms with E-state index in [1.54, 1.807) is 0 Å². The SMILES string of the molecule is C[C@]12CCC(=O)C[C@H]1CC[C@H]1[C@H]2CC[C@@]2(C)[C@@H]1CC[C@H]2C(=O)COC(=O)CCC(=O)O. The highest BCUT2D eigenvalue weighted by molar-refractivity contribution is 5.86. The van der Waals surface area contributed by atoms with Crippen LogP contribution in [-0.4, -0.2) is 35.2 Å². The minimum Gasteiger partial charge on any atom is -0.481 e. The summed E-state index contributed by atoms with van der Waals surface area (Å²) in [6.45, 7) is 4.47. The highest BCUT2D eigenvalue weighted by Gasteiger charge is 2.61. The molecule has 31 heavy (non-hydrogen) atoms. The molecular weight excluding hydrogens is 396 g/mol. The number of carbonyl (C=O) groups is 4. The molecule has 4 aliphatic carbocycles. The molecule has 4 aliphatic rings. The first-order valence-corrected chi connectivity index (χ1v) is 12.1. The minimum atomic E-state index is -1.04. The molecule has 1 N–H and O–H groups in total. The van der Waals surface area contributed by atoms with Crippen molar-refractivity contribution >= 4 is 23.5 Å². The fourth-order valence-electron chi connectivity index (χ4n) is 8.11. The molecule has 0 aromatic heterocycles. The van der Waals surface area contributed by atoms with Gasteiger partial charge in [-0.3, -0.25) is 19.2 Å². The van der Waals surface area contributed by atoms with Gasteiger partial charge >= 0.3 is 11.9 Å². The number of carboxylic acids is 1. The van der Waals surface area contributed by atoms with Crippen molar-refractivity contribution in [2.24, 2.45) is 40.4 Å². The largest absolute Gasteiger partial charge is 0.481 e. The second kappa shape index (κ2) is 8.32. The van der Waals surface area contributed by atoms with Crippen LogP contribution >= 0.6 is 0 Å². The molecular formula is C25H36O6. The van der Waals surface area contributed by atoms with Crippen LogP contribution in [0.3, 0.4) is 0 Å². The van der Waals surface area contributed by atoms with E-state index in [0.717, 1.165) is 51.4 Å². The van der Waals surface area contributed by atoms with Gasteiger partial charge in [0.2, 0.25) is 0 Å². The maximum atomic E-state index is 13.0. The van der Waals surface area contributed by atoms with E-state index >= 15 is 0 Å². The Kier molecular flexibility index (Phi) is 6.04. The van der Waals surface area contributed by atoms with Gasteiger partial charge in [0.25, 0.3) is 0 Å². The predicted molar refractivity (Wildman–Crippen MR) is 113 cm³/mol. The van der Waals surface area contributed by atoms with Crippen LogP contribution < -0.4 is 0 Å². The topological polar surface area (TPSA) is 97.7 Å². The molecule has 0 heterocycles. The molecule has 0 radical (unpaired) electrons. The van der Waals surface area contributed by atoms with Crippen LogP contribution in [0, 0.1) is 40.4 Å². The summed E-state index contributed by atoms with van der Waals surface area (Å²) >= 11 is 0. The molecule has 6 heteroatoms. The van der Waals surface area contributed by atoms with Crippen molar-refractivity contribution in [2.45, 2.75) is 84.5 Å². The fraction of sp³-hybridized carbons (Fsp3) is 0.840. The van der Waals surface area contributed by atoms with E-state index in [-0.39, 0.29) is 42.0 Å². The summed E-state index contributed by atoms with van der Waals surface area (Å²) in [5.41, 5.74) is 0.222. The molecule has 172 valence electrons.